The molecule has 1 rings (SSSR count). The Morgan fingerprint density at radius 1 is 1.30 bits per heavy atom. The molecule has 1 aromatic rings. The topological polar surface area (TPSA) is 32.3 Å². The highest BCUT2D eigenvalue weighted by Crippen LogP contribution is 2.19. The number of amides is 1. The normalized spacial score (nSPS) is 12.5. The Morgan fingerprint density at radius 3 is 2.50 bits per heavy atom. The van der Waals surface area contributed by atoms with E-state index in [9.17, 15) is 13.6 Å². The van der Waals surface area contributed by atoms with Crippen molar-refractivity contribution in [3.63, 3.8) is 0 Å². The molecule has 3 nitrogen and oxygen atoms in total. The van der Waals surface area contributed by atoms with Gasteiger partial charge in [0.2, 0.25) is 5.91 Å². The molecule has 0 radical (unpaired) electrons. The van der Waals surface area contributed by atoms with E-state index >= 15 is 0 Å². The standard InChI is InChI=1S/C15H22F2N2O/c1-4-19(5-2)15(20)11(3)18-10-12-7-6-8-13(9-12)14(16)17/h6-9,11,14,18H,4-5,10H2,1-3H3. The summed E-state index contributed by atoms with van der Waals surface area (Å²) in [4.78, 5) is 13.8. The van der Waals surface area contributed by atoms with Crippen molar-refractivity contribution in [3.8, 4) is 0 Å². The lowest BCUT2D eigenvalue weighted by atomic mass is 10.1. The molecule has 0 aromatic heterocycles. The third-order valence-corrected chi connectivity index (χ3v) is 3.26. The number of hydrogen-bond donors (Lipinski definition) is 1. The summed E-state index contributed by atoms with van der Waals surface area (Å²) in [6.07, 6.45) is -2.47. The van der Waals surface area contributed by atoms with Gasteiger partial charge in [-0.1, -0.05) is 18.2 Å². The van der Waals surface area contributed by atoms with Crippen molar-refractivity contribution in [3.05, 3.63) is 35.4 Å². The van der Waals surface area contributed by atoms with Gasteiger partial charge in [-0.05, 0) is 32.4 Å². The molecule has 1 N–H and O–H groups in total. The molecular weight excluding hydrogens is 262 g/mol. The summed E-state index contributed by atoms with van der Waals surface area (Å²) in [6.45, 7) is 7.39. The Labute approximate surface area is 119 Å². The van der Waals surface area contributed by atoms with Crippen LogP contribution in [0, 0.1) is 0 Å². The Hall–Kier alpha value is -1.49. The lowest BCUT2D eigenvalue weighted by Gasteiger charge is -2.23. The van der Waals surface area contributed by atoms with Crippen LogP contribution in [0.4, 0.5) is 8.78 Å². The van der Waals surface area contributed by atoms with Gasteiger partial charge in [0.1, 0.15) is 0 Å². The molecular formula is C15H22F2N2O. The highest BCUT2D eigenvalue weighted by molar-refractivity contribution is 5.81. The Balaban J connectivity index is 2.58. The van der Waals surface area contributed by atoms with Crippen molar-refractivity contribution in [1.82, 2.24) is 10.2 Å². The minimum atomic E-state index is -2.47. The van der Waals surface area contributed by atoms with Crippen molar-refractivity contribution >= 4 is 5.91 Å². The van der Waals surface area contributed by atoms with Crippen LogP contribution in [-0.4, -0.2) is 29.9 Å². The maximum Gasteiger partial charge on any atom is 0.263 e. The van der Waals surface area contributed by atoms with Gasteiger partial charge in [0.15, 0.2) is 0 Å². The monoisotopic (exact) mass is 284 g/mol. The van der Waals surface area contributed by atoms with Crippen LogP contribution < -0.4 is 5.32 Å². The largest absolute Gasteiger partial charge is 0.342 e. The molecule has 1 amide bonds. The Morgan fingerprint density at radius 2 is 1.95 bits per heavy atom. The van der Waals surface area contributed by atoms with E-state index in [0.29, 0.717) is 19.6 Å². The van der Waals surface area contributed by atoms with E-state index in [1.807, 2.05) is 13.8 Å². The summed E-state index contributed by atoms with van der Waals surface area (Å²) in [7, 11) is 0. The number of carbonyl (C=O) groups excluding carboxylic acids is 1. The first-order valence-electron chi connectivity index (χ1n) is 6.88. The molecule has 0 aliphatic heterocycles. The van der Waals surface area contributed by atoms with E-state index in [1.54, 1.807) is 24.0 Å². The first-order valence-corrected chi connectivity index (χ1v) is 6.88. The number of rotatable bonds is 7. The van der Waals surface area contributed by atoms with Crippen molar-refractivity contribution in [1.29, 1.82) is 0 Å². The fourth-order valence-electron chi connectivity index (χ4n) is 2.01. The molecule has 0 aliphatic rings. The van der Waals surface area contributed by atoms with Gasteiger partial charge in [0, 0.05) is 25.2 Å². The second kappa shape index (κ2) is 7.94. The van der Waals surface area contributed by atoms with Gasteiger partial charge >= 0.3 is 0 Å². The number of carbonyl (C=O) groups is 1. The summed E-state index contributed by atoms with van der Waals surface area (Å²) in [5.74, 6) is 0.0278. The van der Waals surface area contributed by atoms with Crippen LogP contribution in [0.15, 0.2) is 24.3 Å². The van der Waals surface area contributed by atoms with E-state index in [0.717, 1.165) is 5.56 Å². The van der Waals surface area contributed by atoms with Crippen LogP contribution in [0.3, 0.4) is 0 Å². The molecule has 0 fully saturated rings. The Bertz CT molecular complexity index is 434. The van der Waals surface area contributed by atoms with Gasteiger partial charge in [0.05, 0.1) is 6.04 Å². The van der Waals surface area contributed by atoms with Crippen LogP contribution in [0.5, 0.6) is 0 Å². The third-order valence-electron chi connectivity index (χ3n) is 3.26. The molecule has 5 heteroatoms. The van der Waals surface area contributed by atoms with Gasteiger partial charge in [-0.2, -0.15) is 0 Å². The zero-order valence-corrected chi connectivity index (χ0v) is 12.2. The molecule has 1 aromatic carbocycles. The average Bonchev–Trinajstić information content (AvgIpc) is 2.46. The number of alkyl halides is 2. The summed E-state index contributed by atoms with van der Waals surface area (Å²) in [6, 6.07) is 5.92. The predicted octanol–water partition coefficient (Wildman–Crippen LogP) is 2.97. The lowest BCUT2D eigenvalue weighted by Crippen LogP contribution is -2.44. The van der Waals surface area contributed by atoms with Crippen molar-refractivity contribution < 1.29 is 13.6 Å². The fraction of sp³-hybridized carbons (Fsp3) is 0.533. The highest BCUT2D eigenvalue weighted by atomic mass is 19.3. The SMILES string of the molecule is CCN(CC)C(=O)C(C)NCc1cccc(C(F)F)c1. The van der Waals surface area contributed by atoms with E-state index in [1.165, 1.54) is 12.1 Å². The number of benzene rings is 1. The zero-order chi connectivity index (χ0) is 15.1. The minimum Gasteiger partial charge on any atom is -0.342 e. The van der Waals surface area contributed by atoms with Crippen LogP contribution in [-0.2, 0) is 11.3 Å². The second-order valence-corrected chi connectivity index (χ2v) is 4.66. The van der Waals surface area contributed by atoms with Crippen LogP contribution in [0.2, 0.25) is 0 Å². The van der Waals surface area contributed by atoms with E-state index < -0.39 is 6.43 Å². The summed E-state index contributed by atoms with van der Waals surface area (Å²) < 4.78 is 25.2. The van der Waals surface area contributed by atoms with Gasteiger partial charge in [-0.25, -0.2) is 8.78 Å². The quantitative estimate of drug-likeness (QED) is 0.835. The van der Waals surface area contributed by atoms with E-state index in [4.69, 9.17) is 0 Å². The maximum atomic E-state index is 12.6. The van der Waals surface area contributed by atoms with Crippen LogP contribution >= 0.6 is 0 Å². The lowest BCUT2D eigenvalue weighted by molar-refractivity contribution is -0.132. The number of nitrogens with zero attached hydrogens (tertiary/aromatic N) is 1. The van der Waals surface area contributed by atoms with Gasteiger partial charge in [-0.15, -0.1) is 0 Å². The van der Waals surface area contributed by atoms with Crippen LogP contribution in [0.1, 0.15) is 38.3 Å². The minimum absolute atomic E-state index is 0.00650. The van der Waals surface area contributed by atoms with Gasteiger partial charge < -0.3 is 10.2 Å². The summed E-state index contributed by atoms with van der Waals surface area (Å²) in [5.41, 5.74) is 0.758. The van der Waals surface area contributed by atoms with Crippen LogP contribution in [0.25, 0.3) is 0 Å². The summed E-state index contributed by atoms with van der Waals surface area (Å²) >= 11 is 0. The molecule has 0 spiro atoms. The zero-order valence-electron chi connectivity index (χ0n) is 12.2. The van der Waals surface area contributed by atoms with Crippen molar-refractivity contribution in [2.45, 2.75) is 39.8 Å². The number of likely N-dealkylation sites (N-methyl/N-ethyl adjacent to an activating group) is 1. The predicted molar refractivity (Wildman–Crippen MR) is 75.6 cm³/mol. The van der Waals surface area contributed by atoms with E-state index in [-0.39, 0.29) is 17.5 Å². The first kappa shape index (κ1) is 16.6. The molecule has 0 bridgehead atoms. The molecule has 0 saturated carbocycles. The van der Waals surface area contributed by atoms with Crippen molar-refractivity contribution in [2.75, 3.05) is 13.1 Å². The molecule has 1 unspecified atom stereocenters. The molecule has 0 saturated heterocycles. The average molecular weight is 284 g/mol. The van der Waals surface area contributed by atoms with Crippen molar-refractivity contribution in [2.24, 2.45) is 0 Å². The number of nitrogens with one attached hydrogen (secondary N) is 1. The number of hydrogen-bond acceptors (Lipinski definition) is 2. The van der Waals surface area contributed by atoms with Gasteiger partial charge in [0.25, 0.3) is 6.43 Å². The summed E-state index contributed by atoms with van der Waals surface area (Å²) in [5, 5.41) is 3.08. The Kier molecular flexibility index (Phi) is 6.58. The highest BCUT2D eigenvalue weighted by Gasteiger charge is 2.17. The molecule has 0 heterocycles. The maximum absolute atomic E-state index is 12.6. The molecule has 112 valence electrons. The molecule has 1 atom stereocenters. The third kappa shape index (κ3) is 4.56. The fourth-order valence-corrected chi connectivity index (χ4v) is 2.01. The first-order chi connectivity index (χ1) is 9.49. The molecule has 0 aliphatic carbocycles. The smallest absolute Gasteiger partial charge is 0.263 e. The molecule has 20 heavy (non-hydrogen) atoms. The number of halogens is 2. The van der Waals surface area contributed by atoms with E-state index in [2.05, 4.69) is 5.32 Å². The van der Waals surface area contributed by atoms with Gasteiger partial charge in [-0.3, -0.25) is 4.79 Å². The second-order valence-electron chi connectivity index (χ2n) is 4.66.